The second kappa shape index (κ2) is 6.50. The third kappa shape index (κ3) is 4.56. The number of carboxylic acids is 2. The molecule has 1 rings (SSSR count). The molecule has 1 unspecified atom stereocenters. The SMILES string of the molecule is Cc1ccc(F)cc1NC(=O)NC(CC(=O)O)C(=O)O. The summed E-state index contributed by atoms with van der Waals surface area (Å²) in [5.41, 5.74) is 0.744. The lowest BCUT2D eigenvalue weighted by molar-refractivity contribution is -0.145. The molecular weight excluding hydrogens is 271 g/mol. The van der Waals surface area contributed by atoms with E-state index in [0.29, 0.717) is 5.56 Å². The van der Waals surface area contributed by atoms with Crippen LogP contribution in [0.4, 0.5) is 14.9 Å². The predicted octanol–water partition coefficient (Wildman–Crippen LogP) is 1.18. The van der Waals surface area contributed by atoms with Gasteiger partial charge in [0, 0.05) is 5.69 Å². The number of hydrogen-bond acceptors (Lipinski definition) is 3. The Bertz CT molecular complexity index is 547. The Labute approximate surface area is 113 Å². The number of carboxylic acid groups (broad SMARTS) is 2. The highest BCUT2D eigenvalue weighted by molar-refractivity contribution is 5.93. The van der Waals surface area contributed by atoms with Gasteiger partial charge in [-0.25, -0.2) is 14.0 Å². The van der Waals surface area contributed by atoms with Crippen molar-refractivity contribution in [2.24, 2.45) is 0 Å². The van der Waals surface area contributed by atoms with Crippen LogP contribution in [0.15, 0.2) is 18.2 Å². The molecule has 0 aliphatic heterocycles. The summed E-state index contributed by atoms with van der Waals surface area (Å²) < 4.78 is 13.0. The van der Waals surface area contributed by atoms with Crippen LogP contribution in [-0.2, 0) is 9.59 Å². The van der Waals surface area contributed by atoms with Crippen molar-refractivity contribution in [2.45, 2.75) is 19.4 Å². The molecule has 0 heterocycles. The molecule has 0 fully saturated rings. The van der Waals surface area contributed by atoms with Gasteiger partial charge < -0.3 is 20.8 Å². The van der Waals surface area contributed by atoms with Crippen LogP contribution in [0.1, 0.15) is 12.0 Å². The molecule has 0 bridgehead atoms. The minimum Gasteiger partial charge on any atom is -0.481 e. The van der Waals surface area contributed by atoms with Crippen molar-refractivity contribution < 1.29 is 29.0 Å². The highest BCUT2D eigenvalue weighted by Crippen LogP contribution is 2.15. The number of rotatable bonds is 5. The fourth-order valence-corrected chi connectivity index (χ4v) is 1.42. The summed E-state index contributed by atoms with van der Waals surface area (Å²) in [4.78, 5) is 32.8. The lowest BCUT2D eigenvalue weighted by Crippen LogP contribution is -2.44. The lowest BCUT2D eigenvalue weighted by Gasteiger charge is -2.14. The van der Waals surface area contributed by atoms with Gasteiger partial charge in [0.25, 0.3) is 0 Å². The standard InChI is InChI=1S/C12H13FN2O5/c1-6-2-3-7(13)4-8(6)14-12(20)15-9(11(18)19)5-10(16)17/h2-4,9H,5H2,1H3,(H,16,17)(H,18,19)(H2,14,15,20). The summed E-state index contributed by atoms with van der Waals surface area (Å²) in [6.45, 7) is 1.63. The third-order valence-electron chi connectivity index (χ3n) is 2.43. The van der Waals surface area contributed by atoms with E-state index in [1.807, 2.05) is 5.32 Å². The Morgan fingerprint density at radius 2 is 1.95 bits per heavy atom. The number of urea groups is 1. The smallest absolute Gasteiger partial charge is 0.326 e. The van der Waals surface area contributed by atoms with Gasteiger partial charge in [-0.2, -0.15) is 0 Å². The molecule has 0 aromatic heterocycles. The van der Waals surface area contributed by atoms with Gasteiger partial charge in [0.1, 0.15) is 11.9 Å². The summed E-state index contributed by atoms with van der Waals surface area (Å²) in [6, 6.07) is 1.23. The number of nitrogens with one attached hydrogen (secondary N) is 2. The molecule has 1 atom stereocenters. The molecule has 1 aromatic carbocycles. The van der Waals surface area contributed by atoms with E-state index < -0.39 is 36.2 Å². The maximum absolute atomic E-state index is 13.0. The van der Waals surface area contributed by atoms with Crippen molar-refractivity contribution in [3.8, 4) is 0 Å². The van der Waals surface area contributed by atoms with Crippen molar-refractivity contribution in [3.63, 3.8) is 0 Å². The molecule has 20 heavy (non-hydrogen) atoms. The van der Waals surface area contributed by atoms with Crippen molar-refractivity contribution in [3.05, 3.63) is 29.6 Å². The molecule has 0 aliphatic carbocycles. The van der Waals surface area contributed by atoms with Crippen molar-refractivity contribution >= 4 is 23.7 Å². The molecular formula is C12H13FN2O5. The highest BCUT2D eigenvalue weighted by atomic mass is 19.1. The monoisotopic (exact) mass is 284 g/mol. The minimum atomic E-state index is -1.57. The van der Waals surface area contributed by atoms with Crippen LogP contribution in [-0.4, -0.2) is 34.2 Å². The van der Waals surface area contributed by atoms with E-state index in [9.17, 15) is 18.8 Å². The molecule has 2 amide bonds. The molecule has 1 aromatic rings. The number of amides is 2. The van der Waals surface area contributed by atoms with Gasteiger partial charge in [0.15, 0.2) is 0 Å². The zero-order valence-corrected chi connectivity index (χ0v) is 10.5. The first-order valence-corrected chi connectivity index (χ1v) is 5.58. The van der Waals surface area contributed by atoms with Gasteiger partial charge in [-0.1, -0.05) is 6.07 Å². The number of carbonyl (C=O) groups excluding carboxylic acids is 1. The molecule has 0 saturated heterocycles. The Morgan fingerprint density at radius 3 is 2.50 bits per heavy atom. The van der Waals surface area contributed by atoms with Crippen molar-refractivity contribution in [2.75, 3.05) is 5.32 Å². The molecule has 7 nitrogen and oxygen atoms in total. The number of anilines is 1. The van der Waals surface area contributed by atoms with Crippen molar-refractivity contribution in [1.29, 1.82) is 0 Å². The molecule has 0 spiro atoms. The normalized spacial score (nSPS) is 11.5. The van der Waals surface area contributed by atoms with E-state index in [1.54, 1.807) is 6.92 Å². The van der Waals surface area contributed by atoms with Gasteiger partial charge in [0.05, 0.1) is 6.42 Å². The average Bonchev–Trinajstić information content (AvgIpc) is 2.32. The predicted molar refractivity (Wildman–Crippen MR) is 67.0 cm³/mol. The number of benzene rings is 1. The second-order valence-electron chi connectivity index (χ2n) is 4.05. The average molecular weight is 284 g/mol. The van der Waals surface area contributed by atoms with E-state index in [-0.39, 0.29) is 5.69 Å². The lowest BCUT2D eigenvalue weighted by atomic mass is 10.2. The first-order chi connectivity index (χ1) is 9.29. The fraction of sp³-hybridized carbons (Fsp3) is 0.250. The highest BCUT2D eigenvalue weighted by Gasteiger charge is 2.23. The van der Waals surface area contributed by atoms with Gasteiger partial charge >= 0.3 is 18.0 Å². The summed E-state index contributed by atoms with van der Waals surface area (Å²) >= 11 is 0. The fourth-order valence-electron chi connectivity index (χ4n) is 1.42. The number of carbonyl (C=O) groups is 3. The summed E-state index contributed by atoms with van der Waals surface area (Å²) in [5, 5.41) is 21.6. The third-order valence-corrected chi connectivity index (χ3v) is 2.43. The van der Waals surface area contributed by atoms with E-state index in [1.165, 1.54) is 12.1 Å². The van der Waals surface area contributed by atoms with Crippen LogP contribution < -0.4 is 10.6 Å². The van der Waals surface area contributed by atoms with Gasteiger partial charge in [-0.15, -0.1) is 0 Å². The van der Waals surface area contributed by atoms with Gasteiger partial charge in [-0.3, -0.25) is 4.79 Å². The van der Waals surface area contributed by atoms with E-state index in [0.717, 1.165) is 6.07 Å². The molecule has 0 aliphatic rings. The topological polar surface area (TPSA) is 116 Å². The van der Waals surface area contributed by atoms with Crippen LogP contribution in [0.3, 0.4) is 0 Å². The first kappa shape index (κ1) is 15.4. The van der Waals surface area contributed by atoms with Gasteiger partial charge in [0.2, 0.25) is 0 Å². The van der Waals surface area contributed by atoms with Crippen LogP contribution >= 0.6 is 0 Å². The summed E-state index contributed by atoms with van der Waals surface area (Å²) in [5.74, 6) is -3.40. The molecule has 8 heteroatoms. The zero-order chi connectivity index (χ0) is 15.3. The number of aryl methyl sites for hydroxylation is 1. The molecule has 0 saturated carbocycles. The maximum atomic E-state index is 13.0. The Hall–Kier alpha value is -2.64. The van der Waals surface area contributed by atoms with Crippen molar-refractivity contribution in [1.82, 2.24) is 5.32 Å². The van der Waals surface area contributed by atoms with Gasteiger partial charge in [-0.05, 0) is 24.6 Å². The van der Waals surface area contributed by atoms with E-state index in [4.69, 9.17) is 10.2 Å². The molecule has 4 N–H and O–H groups in total. The molecule has 108 valence electrons. The first-order valence-electron chi connectivity index (χ1n) is 5.58. The summed E-state index contributed by atoms with van der Waals surface area (Å²) in [6.07, 6.45) is -0.759. The zero-order valence-electron chi connectivity index (χ0n) is 10.5. The number of aliphatic carboxylic acids is 2. The quantitative estimate of drug-likeness (QED) is 0.648. The number of halogens is 1. The van der Waals surface area contributed by atoms with E-state index in [2.05, 4.69) is 5.32 Å². The van der Waals surface area contributed by atoms with Crippen LogP contribution in [0, 0.1) is 12.7 Å². The number of hydrogen-bond donors (Lipinski definition) is 4. The van der Waals surface area contributed by atoms with Crippen LogP contribution in [0.2, 0.25) is 0 Å². The second-order valence-corrected chi connectivity index (χ2v) is 4.05. The minimum absolute atomic E-state index is 0.168. The Morgan fingerprint density at radius 1 is 1.30 bits per heavy atom. The summed E-state index contributed by atoms with van der Waals surface area (Å²) in [7, 11) is 0. The largest absolute Gasteiger partial charge is 0.481 e. The van der Waals surface area contributed by atoms with E-state index >= 15 is 0 Å². The Kier molecular flexibility index (Phi) is 5.01. The maximum Gasteiger partial charge on any atom is 0.326 e. The Balaban J connectivity index is 2.72. The van der Waals surface area contributed by atoms with Crippen LogP contribution in [0.25, 0.3) is 0 Å². The molecule has 0 radical (unpaired) electrons. The van der Waals surface area contributed by atoms with Crippen LogP contribution in [0.5, 0.6) is 0 Å².